The standard InChI is InChI=1S/C16H19FN2O/c1-10-12(3)20-16(18-10)9-19-7-6-13-4-5-14(17)8-15(13)11(19)2/h4-5,8,11H,6-7,9H2,1-3H3/t11-/m0/s1. The Bertz CT molecular complexity index is 616. The average molecular weight is 274 g/mol. The van der Waals surface area contributed by atoms with E-state index in [0.29, 0.717) is 6.54 Å². The molecule has 0 saturated carbocycles. The molecule has 2 aromatic rings. The lowest BCUT2D eigenvalue weighted by molar-refractivity contribution is 0.171. The molecule has 0 radical (unpaired) electrons. The summed E-state index contributed by atoms with van der Waals surface area (Å²) in [6.07, 6.45) is 0.943. The molecule has 4 heteroatoms. The van der Waals surface area contributed by atoms with Crippen LogP contribution in [0, 0.1) is 19.7 Å². The van der Waals surface area contributed by atoms with Gasteiger partial charge in [0.15, 0.2) is 0 Å². The quantitative estimate of drug-likeness (QED) is 0.838. The van der Waals surface area contributed by atoms with Gasteiger partial charge in [0.1, 0.15) is 11.6 Å². The van der Waals surface area contributed by atoms with Crippen molar-refractivity contribution in [1.29, 1.82) is 0 Å². The zero-order valence-electron chi connectivity index (χ0n) is 12.1. The van der Waals surface area contributed by atoms with Crippen molar-refractivity contribution in [3.63, 3.8) is 0 Å². The highest BCUT2D eigenvalue weighted by atomic mass is 19.1. The fraction of sp³-hybridized carbons (Fsp3) is 0.438. The van der Waals surface area contributed by atoms with Crippen molar-refractivity contribution in [2.75, 3.05) is 6.54 Å². The molecule has 0 N–H and O–H groups in total. The summed E-state index contributed by atoms with van der Waals surface area (Å²) in [7, 11) is 0. The van der Waals surface area contributed by atoms with E-state index in [9.17, 15) is 4.39 Å². The normalized spacial score (nSPS) is 19.1. The van der Waals surface area contributed by atoms with Gasteiger partial charge in [0.05, 0.1) is 12.2 Å². The van der Waals surface area contributed by atoms with Gasteiger partial charge in [0.2, 0.25) is 5.89 Å². The monoisotopic (exact) mass is 274 g/mol. The predicted octanol–water partition coefficient (Wildman–Crippen LogP) is 3.55. The van der Waals surface area contributed by atoms with Crippen LogP contribution in [0.3, 0.4) is 0 Å². The molecule has 106 valence electrons. The Morgan fingerprint density at radius 2 is 2.20 bits per heavy atom. The number of hydrogen-bond donors (Lipinski definition) is 0. The summed E-state index contributed by atoms with van der Waals surface area (Å²) >= 11 is 0. The first-order chi connectivity index (χ1) is 9.54. The minimum atomic E-state index is -0.166. The topological polar surface area (TPSA) is 29.3 Å². The molecule has 1 atom stereocenters. The van der Waals surface area contributed by atoms with Crippen LogP contribution in [-0.4, -0.2) is 16.4 Å². The van der Waals surface area contributed by atoms with Gasteiger partial charge in [-0.25, -0.2) is 9.37 Å². The fourth-order valence-corrected chi connectivity index (χ4v) is 2.83. The number of aromatic nitrogens is 1. The minimum absolute atomic E-state index is 0.166. The van der Waals surface area contributed by atoms with Crippen LogP contribution in [0.2, 0.25) is 0 Å². The van der Waals surface area contributed by atoms with Crippen molar-refractivity contribution in [3.05, 3.63) is 52.5 Å². The molecule has 1 aromatic heterocycles. The lowest BCUT2D eigenvalue weighted by Crippen LogP contribution is -2.33. The van der Waals surface area contributed by atoms with Crippen LogP contribution in [0.4, 0.5) is 4.39 Å². The van der Waals surface area contributed by atoms with Crippen molar-refractivity contribution in [2.45, 2.75) is 39.8 Å². The van der Waals surface area contributed by atoms with Gasteiger partial charge >= 0.3 is 0 Å². The Labute approximate surface area is 118 Å². The minimum Gasteiger partial charge on any atom is -0.444 e. The van der Waals surface area contributed by atoms with E-state index in [1.54, 1.807) is 12.1 Å². The summed E-state index contributed by atoms with van der Waals surface area (Å²) in [4.78, 5) is 6.71. The van der Waals surface area contributed by atoms with E-state index >= 15 is 0 Å². The number of nitrogens with zero attached hydrogens (tertiary/aromatic N) is 2. The molecule has 1 aliphatic rings. The Balaban J connectivity index is 1.82. The molecule has 0 saturated heterocycles. The van der Waals surface area contributed by atoms with Crippen LogP contribution < -0.4 is 0 Å². The molecular formula is C16H19FN2O. The molecule has 1 aromatic carbocycles. The summed E-state index contributed by atoms with van der Waals surface area (Å²) in [6.45, 7) is 7.61. The molecule has 0 spiro atoms. The summed E-state index contributed by atoms with van der Waals surface area (Å²) in [5, 5.41) is 0. The number of aryl methyl sites for hydroxylation is 2. The SMILES string of the molecule is Cc1nc(CN2CCc3ccc(F)cc3[C@@H]2C)oc1C. The van der Waals surface area contributed by atoms with Gasteiger partial charge in [-0.1, -0.05) is 6.07 Å². The van der Waals surface area contributed by atoms with Gasteiger partial charge in [-0.05, 0) is 50.5 Å². The third kappa shape index (κ3) is 2.36. The maximum Gasteiger partial charge on any atom is 0.208 e. The van der Waals surface area contributed by atoms with Gasteiger partial charge in [0.25, 0.3) is 0 Å². The van der Waals surface area contributed by atoms with Crippen LogP contribution in [0.25, 0.3) is 0 Å². The maximum atomic E-state index is 13.4. The number of halogens is 1. The molecule has 0 amide bonds. The van der Waals surface area contributed by atoms with E-state index in [1.807, 2.05) is 19.9 Å². The predicted molar refractivity (Wildman–Crippen MR) is 74.9 cm³/mol. The summed E-state index contributed by atoms with van der Waals surface area (Å²) < 4.78 is 19.1. The second-order valence-electron chi connectivity index (χ2n) is 5.49. The Morgan fingerprint density at radius 1 is 1.40 bits per heavy atom. The zero-order chi connectivity index (χ0) is 14.3. The number of oxazole rings is 1. The molecule has 2 heterocycles. The van der Waals surface area contributed by atoms with Crippen LogP contribution in [0.5, 0.6) is 0 Å². The van der Waals surface area contributed by atoms with Crippen LogP contribution >= 0.6 is 0 Å². The average Bonchev–Trinajstić information content (AvgIpc) is 2.72. The van der Waals surface area contributed by atoms with Crippen LogP contribution in [0.15, 0.2) is 22.6 Å². The summed E-state index contributed by atoms with van der Waals surface area (Å²) in [5.41, 5.74) is 3.27. The molecule has 3 nitrogen and oxygen atoms in total. The first-order valence-corrected chi connectivity index (χ1v) is 7.00. The van der Waals surface area contributed by atoms with Crippen molar-refractivity contribution in [3.8, 4) is 0 Å². The van der Waals surface area contributed by atoms with Crippen LogP contribution in [0.1, 0.15) is 41.4 Å². The molecule has 20 heavy (non-hydrogen) atoms. The molecular weight excluding hydrogens is 255 g/mol. The first kappa shape index (κ1) is 13.3. The second-order valence-corrected chi connectivity index (χ2v) is 5.49. The van der Waals surface area contributed by atoms with Gasteiger partial charge in [0, 0.05) is 12.6 Å². The first-order valence-electron chi connectivity index (χ1n) is 7.00. The van der Waals surface area contributed by atoms with E-state index in [-0.39, 0.29) is 11.9 Å². The summed E-state index contributed by atoms with van der Waals surface area (Å²) in [5.74, 6) is 1.45. The Hall–Kier alpha value is -1.68. The van der Waals surface area contributed by atoms with E-state index in [1.165, 1.54) is 5.56 Å². The highest BCUT2D eigenvalue weighted by Crippen LogP contribution is 2.31. The second kappa shape index (κ2) is 5.02. The molecule has 0 aliphatic carbocycles. The highest BCUT2D eigenvalue weighted by Gasteiger charge is 2.25. The lowest BCUT2D eigenvalue weighted by atomic mass is 9.93. The van der Waals surface area contributed by atoms with Crippen molar-refractivity contribution in [2.24, 2.45) is 0 Å². The van der Waals surface area contributed by atoms with Gasteiger partial charge < -0.3 is 4.42 Å². The molecule has 0 fully saturated rings. The van der Waals surface area contributed by atoms with Crippen molar-refractivity contribution >= 4 is 0 Å². The van der Waals surface area contributed by atoms with Gasteiger partial charge in [-0.2, -0.15) is 0 Å². The van der Waals surface area contributed by atoms with Crippen molar-refractivity contribution in [1.82, 2.24) is 9.88 Å². The third-order valence-corrected chi connectivity index (χ3v) is 4.19. The van der Waals surface area contributed by atoms with E-state index in [4.69, 9.17) is 4.42 Å². The number of hydrogen-bond acceptors (Lipinski definition) is 3. The fourth-order valence-electron chi connectivity index (χ4n) is 2.83. The summed E-state index contributed by atoms with van der Waals surface area (Å²) in [6, 6.07) is 5.28. The van der Waals surface area contributed by atoms with E-state index in [2.05, 4.69) is 16.8 Å². The number of fused-ring (bicyclic) bond motifs is 1. The Kier molecular flexibility index (Phi) is 3.34. The highest BCUT2D eigenvalue weighted by molar-refractivity contribution is 5.32. The van der Waals surface area contributed by atoms with E-state index < -0.39 is 0 Å². The van der Waals surface area contributed by atoms with E-state index in [0.717, 1.165) is 35.9 Å². The molecule has 0 unspecified atom stereocenters. The molecule has 3 rings (SSSR count). The number of rotatable bonds is 2. The molecule has 1 aliphatic heterocycles. The molecule has 0 bridgehead atoms. The maximum absolute atomic E-state index is 13.4. The van der Waals surface area contributed by atoms with Gasteiger partial charge in [-0.3, -0.25) is 4.90 Å². The van der Waals surface area contributed by atoms with Crippen LogP contribution in [-0.2, 0) is 13.0 Å². The van der Waals surface area contributed by atoms with Crippen molar-refractivity contribution < 1.29 is 8.81 Å². The smallest absolute Gasteiger partial charge is 0.208 e. The third-order valence-electron chi connectivity index (χ3n) is 4.19. The lowest BCUT2D eigenvalue weighted by Gasteiger charge is -2.34. The zero-order valence-corrected chi connectivity index (χ0v) is 12.1. The largest absolute Gasteiger partial charge is 0.444 e. The Morgan fingerprint density at radius 3 is 2.90 bits per heavy atom. The van der Waals surface area contributed by atoms with Gasteiger partial charge in [-0.15, -0.1) is 0 Å². The number of benzene rings is 1.